The quantitative estimate of drug-likeness (QED) is 0.611. The highest BCUT2D eigenvalue weighted by Gasteiger charge is 2.40. The maximum absolute atomic E-state index is 12.1. The minimum atomic E-state index is -3.13. The number of nitrogens with zero attached hydrogens (tertiary/aromatic N) is 3. The molecule has 0 amide bonds. The van der Waals surface area contributed by atoms with Crippen LogP contribution in [0.3, 0.4) is 0 Å². The van der Waals surface area contributed by atoms with Crippen molar-refractivity contribution in [3.05, 3.63) is 17.8 Å². The Morgan fingerprint density at radius 2 is 2.12 bits per heavy atom. The molecular weight excluding hydrogens is 350 g/mol. The van der Waals surface area contributed by atoms with Gasteiger partial charge < -0.3 is 4.98 Å². The fourth-order valence-electron chi connectivity index (χ4n) is 3.80. The summed E-state index contributed by atoms with van der Waals surface area (Å²) in [7, 11) is -3.13. The van der Waals surface area contributed by atoms with Gasteiger partial charge in [-0.25, -0.2) is 23.1 Å². The van der Waals surface area contributed by atoms with E-state index in [9.17, 15) is 8.42 Å². The number of fused-ring (bicyclic) bond motifs is 1. The minimum absolute atomic E-state index is 0.0111. The number of aromatic nitrogens is 1. The zero-order valence-electron chi connectivity index (χ0n) is 15.1. The first-order valence-electron chi connectivity index (χ1n) is 9.26. The largest absolute Gasteiger partial charge is 0.346 e. The molecule has 1 aromatic heterocycles. The first-order chi connectivity index (χ1) is 12.4. The van der Waals surface area contributed by atoms with E-state index < -0.39 is 10.0 Å². The lowest BCUT2D eigenvalue weighted by atomic mass is 9.96. The van der Waals surface area contributed by atoms with Gasteiger partial charge in [0, 0.05) is 23.7 Å². The Morgan fingerprint density at radius 3 is 2.88 bits per heavy atom. The van der Waals surface area contributed by atoms with Gasteiger partial charge in [0.1, 0.15) is 12.2 Å². The average molecular weight is 375 g/mol. The highest BCUT2D eigenvalue weighted by Crippen LogP contribution is 2.33. The molecule has 4 atom stereocenters. The van der Waals surface area contributed by atoms with E-state index in [2.05, 4.69) is 38.5 Å². The Labute approximate surface area is 154 Å². The minimum Gasteiger partial charge on any atom is -0.346 e. The van der Waals surface area contributed by atoms with Crippen molar-refractivity contribution in [1.82, 2.24) is 9.71 Å². The fraction of sp³-hybridized carbons (Fsp3) is 0.611. The van der Waals surface area contributed by atoms with Crippen molar-refractivity contribution in [3.8, 4) is 0 Å². The summed E-state index contributed by atoms with van der Waals surface area (Å²) in [6.07, 6.45) is 8.43. The van der Waals surface area contributed by atoms with Gasteiger partial charge >= 0.3 is 0 Å². The molecule has 2 aliphatic carbocycles. The van der Waals surface area contributed by atoms with Gasteiger partial charge in [0.05, 0.1) is 23.2 Å². The maximum atomic E-state index is 12.1. The number of rotatable bonds is 5. The fourth-order valence-corrected chi connectivity index (χ4v) is 5.41. The summed E-state index contributed by atoms with van der Waals surface area (Å²) in [5.41, 5.74) is 2.03. The van der Waals surface area contributed by atoms with Crippen LogP contribution >= 0.6 is 0 Å². The van der Waals surface area contributed by atoms with E-state index in [4.69, 9.17) is 0 Å². The maximum Gasteiger partial charge on any atom is 0.214 e. The summed E-state index contributed by atoms with van der Waals surface area (Å²) < 4.78 is 27.1. The van der Waals surface area contributed by atoms with Crippen LogP contribution in [0.2, 0.25) is 0 Å². The van der Waals surface area contributed by atoms with Crippen LogP contribution in [-0.2, 0) is 10.0 Å². The Balaban J connectivity index is 1.38. The lowest BCUT2D eigenvalue weighted by Crippen LogP contribution is -2.35. The van der Waals surface area contributed by atoms with Crippen LogP contribution in [0.4, 0.5) is 5.82 Å². The number of nitrogens with one attached hydrogen (secondary N) is 2. The van der Waals surface area contributed by atoms with Gasteiger partial charge in [-0.2, -0.15) is 0 Å². The van der Waals surface area contributed by atoms with Gasteiger partial charge in [-0.1, -0.05) is 13.8 Å². The summed E-state index contributed by atoms with van der Waals surface area (Å²) in [6, 6.07) is 2.12. The Kier molecular flexibility index (Phi) is 4.56. The molecule has 1 unspecified atom stereocenters. The van der Waals surface area contributed by atoms with Gasteiger partial charge in [-0.05, 0) is 37.7 Å². The molecule has 0 bridgehead atoms. The normalized spacial score (nSPS) is 33.2. The van der Waals surface area contributed by atoms with Gasteiger partial charge in [0.15, 0.2) is 0 Å². The summed E-state index contributed by atoms with van der Waals surface area (Å²) >= 11 is 0. The standard InChI is InChI=1S/C18H25N5O2S/c1-11-7-13(23-26(24,25)14-3-4-14)8-16(11)21-10-22-17-9-20-18-15(12(17)2)5-6-19-18/h5-6,9-14,16,19,23H,3-4,7-8H2,1-2H3/b21-10+,22-17-/t11-,12?,13+,16+/m1/s1. The Morgan fingerprint density at radius 1 is 1.31 bits per heavy atom. The molecule has 4 rings (SSSR count). The molecule has 0 spiro atoms. The molecule has 7 nitrogen and oxygen atoms in total. The predicted octanol–water partition coefficient (Wildman–Crippen LogP) is 2.55. The van der Waals surface area contributed by atoms with E-state index >= 15 is 0 Å². The smallest absolute Gasteiger partial charge is 0.214 e. The second kappa shape index (κ2) is 6.74. The van der Waals surface area contributed by atoms with Crippen LogP contribution in [0, 0.1) is 5.92 Å². The zero-order chi connectivity index (χ0) is 18.3. The van der Waals surface area contributed by atoms with Crippen molar-refractivity contribution in [2.24, 2.45) is 20.9 Å². The number of sulfonamides is 1. The van der Waals surface area contributed by atoms with Gasteiger partial charge in [0.25, 0.3) is 0 Å². The molecular formula is C18H25N5O2S. The SMILES string of the molecule is CC1/C(=N\C=N\[C@H]2C[C@@H](NS(=O)(=O)C3CC3)C[C@H]2C)C=Nc2[nH]ccc21. The van der Waals surface area contributed by atoms with Crippen LogP contribution in [-0.4, -0.2) is 49.0 Å². The third kappa shape index (κ3) is 3.53. The predicted molar refractivity (Wildman–Crippen MR) is 104 cm³/mol. The average Bonchev–Trinajstić information content (AvgIpc) is 3.26. The Bertz CT molecular complexity index is 866. The first-order valence-corrected chi connectivity index (χ1v) is 10.8. The van der Waals surface area contributed by atoms with Crippen LogP contribution in [0.15, 0.2) is 27.2 Å². The number of aliphatic imine (C=N–C) groups is 3. The third-order valence-electron chi connectivity index (χ3n) is 5.59. The van der Waals surface area contributed by atoms with Crippen molar-refractivity contribution in [2.45, 2.75) is 62.8 Å². The van der Waals surface area contributed by atoms with Crippen LogP contribution < -0.4 is 4.72 Å². The topological polar surface area (TPSA) is 99.0 Å². The lowest BCUT2D eigenvalue weighted by Gasteiger charge is -2.14. The summed E-state index contributed by atoms with van der Waals surface area (Å²) in [5.74, 6) is 1.41. The van der Waals surface area contributed by atoms with E-state index in [0.717, 1.165) is 42.8 Å². The van der Waals surface area contributed by atoms with Crippen molar-refractivity contribution in [1.29, 1.82) is 0 Å². The van der Waals surface area contributed by atoms with Crippen LogP contribution in [0.1, 0.15) is 51.0 Å². The number of hydrogen-bond acceptors (Lipinski definition) is 4. The van der Waals surface area contributed by atoms with Crippen LogP contribution in [0.5, 0.6) is 0 Å². The second-order valence-corrected chi connectivity index (χ2v) is 9.65. The molecule has 26 heavy (non-hydrogen) atoms. The highest BCUT2D eigenvalue weighted by molar-refractivity contribution is 7.90. The number of hydrogen-bond donors (Lipinski definition) is 2. The van der Waals surface area contributed by atoms with Gasteiger partial charge in [0.2, 0.25) is 10.0 Å². The van der Waals surface area contributed by atoms with E-state index in [1.54, 1.807) is 12.6 Å². The van der Waals surface area contributed by atoms with Crippen molar-refractivity contribution in [2.75, 3.05) is 0 Å². The zero-order valence-corrected chi connectivity index (χ0v) is 15.9. The monoisotopic (exact) mass is 375 g/mol. The molecule has 1 aliphatic heterocycles. The van der Waals surface area contributed by atoms with E-state index in [0.29, 0.717) is 5.92 Å². The molecule has 0 radical (unpaired) electrons. The molecule has 1 aromatic rings. The lowest BCUT2D eigenvalue weighted by molar-refractivity contribution is 0.523. The van der Waals surface area contributed by atoms with Crippen molar-refractivity contribution in [3.63, 3.8) is 0 Å². The summed E-state index contributed by atoms with van der Waals surface area (Å²) in [6.45, 7) is 4.22. The first kappa shape index (κ1) is 17.6. The van der Waals surface area contributed by atoms with Crippen LogP contribution in [0.25, 0.3) is 0 Å². The molecule has 0 saturated heterocycles. The highest BCUT2D eigenvalue weighted by atomic mass is 32.2. The Hall–Kier alpha value is -1.80. The molecule has 0 aromatic carbocycles. The summed E-state index contributed by atoms with van der Waals surface area (Å²) in [4.78, 5) is 16.6. The molecule has 2 heterocycles. The molecule has 3 aliphatic rings. The molecule has 2 N–H and O–H groups in total. The third-order valence-corrected chi connectivity index (χ3v) is 7.60. The molecule has 8 heteroatoms. The molecule has 2 fully saturated rings. The number of aromatic amines is 1. The molecule has 2 saturated carbocycles. The van der Waals surface area contributed by atoms with Crippen molar-refractivity contribution < 1.29 is 8.42 Å². The second-order valence-electron chi connectivity index (χ2n) is 7.66. The molecule has 140 valence electrons. The van der Waals surface area contributed by atoms with E-state index in [-0.39, 0.29) is 23.3 Å². The van der Waals surface area contributed by atoms with E-state index in [1.807, 2.05) is 12.3 Å². The summed E-state index contributed by atoms with van der Waals surface area (Å²) in [5, 5.41) is -0.169. The van der Waals surface area contributed by atoms with Crippen molar-refractivity contribution >= 4 is 34.1 Å². The number of H-pyrrole nitrogens is 1. The van der Waals surface area contributed by atoms with Gasteiger partial charge in [-0.3, -0.25) is 4.99 Å². The van der Waals surface area contributed by atoms with E-state index in [1.165, 1.54) is 0 Å². The van der Waals surface area contributed by atoms with Gasteiger partial charge in [-0.15, -0.1) is 0 Å².